The number of ether oxygens (including phenoxy) is 2. The Morgan fingerprint density at radius 3 is 2.30 bits per heavy atom. The minimum Gasteiger partial charge on any atom is -0.484 e. The van der Waals surface area contributed by atoms with Crippen molar-refractivity contribution >= 4 is 11.9 Å². The summed E-state index contributed by atoms with van der Waals surface area (Å²) in [5.74, 6) is 0.358. The number of amides is 1. The molecular formula is C15H21NO4. The standard InChI is InChI=1S/C15H21NO4/c1-11(2)12-5-7-13(8-6-12)20-10-14(17)16(3)9-15(18)19-4/h5-8,11H,9-10H2,1-4H3. The molecule has 0 aliphatic carbocycles. The molecule has 1 amide bonds. The highest BCUT2D eigenvalue weighted by atomic mass is 16.5. The van der Waals surface area contributed by atoms with Crippen molar-refractivity contribution in [1.29, 1.82) is 0 Å². The summed E-state index contributed by atoms with van der Waals surface area (Å²) >= 11 is 0. The number of benzene rings is 1. The Kier molecular flexibility index (Phi) is 6.03. The van der Waals surface area contributed by atoms with Crippen molar-refractivity contribution in [3.05, 3.63) is 29.8 Å². The van der Waals surface area contributed by atoms with Crippen LogP contribution in [0.1, 0.15) is 25.3 Å². The molecule has 20 heavy (non-hydrogen) atoms. The van der Waals surface area contributed by atoms with Gasteiger partial charge in [-0.1, -0.05) is 26.0 Å². The molecule has 0 fully saturated rings. The first-order valence-corrected chi connectivity index (χ1v) is 6.47. The van der Waals surface area contributed by atoms with Gasteiger partial charge >= 0.3 is 5.97 Å². The maximum absolute atomic E-state index is 11.7. The van der Waals surface area contributed by atoms with Gasteiger partial charge in [0.05, 0.1) is 7.11 Å². The summed E-state index contributed by atoms with van der Waals surface area (Å²) < 4.78 is 9.89. The van der Waals surface area contributed by atoms with Crippen LogP contribution in [0.25, 0.3) is 0 Å². The first-order chi connectivity index (χ1) is 9.43. The Morgan fingerprint density at radius 2 is 1.80 bits per heavy atom. The highest BCUT2D eigenvalue weighted by molar-refractivity contribution is 5.82. The van der Waals surface area contributed by atoms with Gasteiger partial charge in [-0.05, 0) is 23.6 Å². The molecule has 0 aliphatic heterocycles. The van der Waals surface area contributed by atoms with Gasteiger partial charge in [-0.2, -0.15) is 0 Å². The number of rotatable bonds is 6. The molecular weight excluding hydrogens is 258 g/mol. The van der Waals surface area contributed by atoms with Crippen LogP contribution in [0.2, 0.25) is 0 Å². The highest BCUT2D eigenvalue weighted by Gasteiger charge is 2.13. The van der Waals surface area contributed by atoms with E-state index < -0.39 is 5.97 Å². The zero-order valence-electron chi connectivity index (χ0n) is 12.4. The average Bonchev–Trinajstić information content (AvgIpc) is 2.44. The monoisotopic (exact) mass is 279 g/mol. The van der Waals surface area contributed by atoms with Crippen LogP contribution in [0.3, 0.4) is 0 Å². The fourth-order valence-corrected chi connectivity index (χ4v) is 1.55. The van der Waals surface area contributed by atoms with Crippen molar-refractivity contribution in [3.8, 4) is 5.75 Å². The van der Waals surface area contributed by atoms with E-state index in [1.807, 2.05) is 24.3 Å². The summed E-state index contributed by atoms with van der Waals surface area (Å²) in [6, 6.07) is 7.62. The number of hydrogen-bond donors (Lipinski definition) is 0. The molecule has 0 heterocycles. The molecule has 0 aliphatic rings. The van der Waals surface area contributed by atoms with Gasteiger partial charge in [0.15, 0.2) is 6.61 Å². The third-order valence-corrected chi connectivity index (χ3v) is 2.93. The normalized spacial score (nSPS) is 10.2. The molecule has 0 spiro atoms. The van der Waals surface area contributed by atoms with Gasteiger partial charge in [-0.15, -0.1) is 0 Å². The summed E-state index contributed by atoms with van der Waals surface area (Å²) in [5, 5.41) is 0. The maximum Gasteiger partial charge on any atom is 0.325 e. The summed E-state index contributed by atoms with van der Waals surface area (Å²) in [4.78, 5) is 24.1. The van der Waals surface area contributed by atoms with Crippen LogP contribution in [0.15, 0.2) is 24.3 Å². The summed E-state index contributed by atoms with van der Waals surface area (Å²) in [7, 11) is 2.82. The van der Waals surface area contributed by atoms with Crippen LogP contribution in [0.5, 0.6) is 5.75 Å². The maximum atomic E-state index is 11.7. The SMILES string of the molecule is COC(=O)CN(C)C(=O)COc1ccc(C(C)C)cc1. The lowest BCUT2D eigenvalue weighted by Crippen LogP contribution is -2.35. The zero-order chi connectivity index (χ0) is 15.1. The van der Waals surface area contributed by atoms with Crippen molar-refractivity contribution < 1.29 is 19.1 Å². The third kappa shape index (κ3) is 4.91. The first kappa shape index (κ1) is 16.0. The number of nitrogens with zero attached hydrogens (tertiary/aromatic N) is 1. The molecule has 5 nitrogen and oxygen atoms in total. The number of esters is 1. The summed E-state index contributed by atoms with van der Waals surface area (Å²) in [6.07, 6.45) is 0. The van der Waals surface area contributed by atoms with Gasteiger partial charge in [-0.25, -0.2) is 0 Å². The third-order valence-electron chi connectivity index (χ3n) is 2.93. The van der Waals surface area contributed by atoms with Crippen molar-refractivity contribution in [2.24, 2.45) is 0 Å². The van der Waals surface area contributed by atoms with Gasteiger partial charge in [0.1, 0.15) is 12.3 Å². The highest BCUT2D eigenvalue weighted by Crippen LogP contribution is 2.18. The van der Waals surface area contributed by atoms with E-state index in [0.717, 1.165) is 0 Å². The lowest BCUT2D eigenvalue weighted by Gasteiger charge is -2.16. The molecule has 5 heteroatoms. The van der Waals surface area contributed by atoms with E-state index in [0.29, 0.717) is 11.7 Å². The van der Waals surface area contributed by atoms with Gasteiger partial charge in [0.25, 0.3) is 5.91 Å². The van der Waals surface area contributed by atoms with Crippen LogP contribution < -0.4 is 4.74 Å². The van der Waals surface area contributed by atoms with Gasteiger partial charge < -0.3 is 14.4 Å². The Balaban J connectivity index is 2.46. The van der Waals surface area contributed by atoms with Crippen LogP contribution in [-0.4, -0.2) is 44.1 Å². The molecule has 110 valence electrons. The van der Waals surface area contributed by atoms with Crippen molar-refractivity contribution in [1.82, 2.24) is 4.90 Å². The van der Waals surface area contributed by atoms with E-state index >= 15 is 0 Å². The smallest absolute Gasteiger partial charge is 0.325 e. The lowest BCUT2D eigenvalue weighted by molar-refractivity contribution is -0.146. The van der Waals surface area contributed by atoms with Gasteiger partial charge in [-0.3, -0.25) is 9.59 Å². The van der Waals surface area contributed by atoms with Crippen molar-refractivity contribution in [2.45, 2.75) is 19.8 Å². The molecule has 0 N–H and O–H groups in total. The number of carbonyl (C=O) groups is 2. The van der Waals surface area contributed by atoms with Crippen LogP contribution in [0, 0.1) is 0 Å². The predicted molar refractivity (Wildman–Crippen MR) is 75.7 cm³/mol. The lowest BCUT2D eigenvalue weighted by atomic mass is 10.0. The second-order valence-corrected chi connectivity index (χ2v) is 4.84. The van der Waals surface area contributed by atoms with E-state index in [4.69, 9.17) is 4.74 Å². The van der Waals surface area contributed by atoms with Crippen molar-refractivity contribution in [3.63, 3.8) is 0 Å². The summed E-state index contributed by atoms with van der Waals surface area (Å²) in [5.41, 5.74) is 1.21. The van der Waals surface area contributed by atoms with Crippen LogP contribution >= 0.6 is 0 Å². The van der Waals surface area contributed by atoms with Gasteiger partial charge in [0.2, 0.25) is 0 Å². The quantitative estimate of drug-likeness (QED) is 0.745. The second kappa shape index (κ2) is 7.53. The molecule has 0 saturated carbocycles. The summed E-state index contributed by atoms with van der Waals surface area (Å²) in [6.45, 7) is 4.04. The van der Waals surface area contributed by atoms with E-state index in [1.54, 1.807) is 0 Å². The molecule has 1 rings (SSSR count). The average molecular weight is 279 g/mol. The predicted octanol–water partition coefficient (Wildman–Crippen LogP) is 1.82. The molecule has 0 radical (unpaired) electrons. The molecule has 0 saturated heterocycles. The molecule has 0 bridgehead atoms. The minimum atomic E-state index is -0.456. The first-order valence-electron chi connectivity index (χ1n) is 6.47. The number of methoxy groups -OCH3 is 1. The van der Waals surface area contributed by atoms with Crippen LogP contribution in [-0.2, 0) is 14.3 Å². The Hall–Kier alpha value is -2.04. The molecule has 1 aromatic carbocycles. The topological polar surface area (TPSA) is 55.8 Å². The Morgan fingerprint density at radius 1 is 1.20 bits per heavy atom. The fourth-order valence-electron chi connectivity index (χ4n) is 1.55. The van der Waals surface area contributed by atoms with Crippen molar-refractivity contribution in [2.75, 3.05) is 27.3 Å². The minimum absolute atomic E-state index is 0.0784. The van der Waals surface area contributed by atoms with Crippen LogP contribution in [0.4, 0.5) is 0 Å². The second-order valence-electron chi connectivity index (χ2n) is 4.84. The van der Waals surface area contributed by atoms with E-state index in [2.05, 4.69) is 18.6 Å². The number of carbonyl (C=O) groups excluding carboxylic acids is 2. The molecule has 1 aromatic rings. The molecule has 0 aromatic heterocycles. The largest absolute Gasteiger partial charge is 0.484 e. The van der Waals surface area contributed by atoms with E-state index in [9.17, 15) is 9.59 Å². The fraction of sp³-hybridized carbons (Fsp3) is 0.467. The molecule has 0 atom stereocenters. The number of hydrogen-bond acceptors (Lipinski definition) is 4. The zero-order valence-corrected chi connectivity index (χ0v) is 12.4. The Bertz CT molecular complexity index is 453. The number of likely N-dealkylation sites (N-methyl/N-ethyl adjacent to an activating group) is 1. The molecule has 0 unspecified atom stereocenters. The van der Waals surface area contributed by atoms with E-state index in [-0.39, 0.29) is 19.1 Å². The van der Waals surface area contributed by atoms with Gasteiger partial charge in [0, 0.05) is 7.05 Å². The Labute approximate surface area is 119 Å². The van der Waals surface area contributed by atoms with E-state index in [1.165, 1.54) is 24.6 Å².